The molecular weight excluding hydrogens is 310 g/mol. The van der Waals surface area contributed by atoms with E-state index in [1.807, 2.05) is 0 Å². The van der Waals surface area contributed by atoms with Crippen molar-refractivity contribution in [3.05, 3.63) is 63.7 Å². The number of aryl methyl sites for hydroxylation is 1. The van der Waals surface area contributed by atoms with E-state index in [1.54, 1.807) is 52.0 Å². The van der Waals surface area contributed by atoms with E-state index in [1.165, 1.54) is 18.2 Å². The number of hydrogen-bond acceptors (Lipinski definition) is 5. The van der Waals surface area contributed by atoms with Crippen LogP contribution in [0.15, 0.2) is 42.5 Å². The molecule has 0 unspecified atom stereocenters. The fraction of sp³-hybridized carbons (Fsp3) is 0.278. The van der Waals surface area contributed by atoms with Gasteiger partial charge in [0.2, 0.25) is 0 Å². The van der Waals surface area contributed by atoms with E-state index < -0.39 is 16.5 Å². The largest absolute Gasteiger partial charge is 0.457 e. The molecule has 0 N–H and O–H groups in total. The van der Waals surface area contributed by atoms with Crippen LogP contribution >= 0.6 is 0 Å². The van der Waals surface area contributed by atoms with Crippen LogP contribution in [-0.2, 0) is 4.74 Å². The Balaban J connectivity index is 2.21. The highest BCUT2D eigenvalue weighted by molar-refractivity contribution is 5.90. The van der Waals surface area contributed by atoms with Gasteiger partial charge in [-0.15, -0.1) is 0 Å². The molecule has 0 fully saturated rings. The Morgan fingerprint density at radius 1 is 1.12 bits per heavy atom. The summed E-state index contributed by atoms with van der Waals surface area (Å²) in [6, 6.07) is 11.0. The molecule has 24 heavy (non-hydrogen) atoms. The van der Waals surface area contributed by atoms with Gasteiger partial charge in [0.05, 0.1) is 10.5 Å². The minimum absolute atomic E-state index is 0.00218. The molecule has 0 bridgehead atoms. The van der Waals surface area contributed by atoms with E-state index in [2.05, 4.69) is 0 Å². The molecule has 0 aliphatic carbocycles. The zero-order chi connectivity index (χ0) is 17.9. The summed E-state index contributed by atoms with van der Waals surface area (Å²) in [5.41, 5.74) is 0.430. The number of hydrogen-bond donors (Lipinski definition) is 0. The average Bonchev–Trinajstić information content (AvgIpc) is 2.47. The summed E-state index contributed by atoms with van der Waals surface area (Å²) in [7, 11) is 0. The molecule has 0 amide bonds. The Morgan fingerprint density at radius 3 is 2.42 bits per heavy atom. The number of nitrogens with zero attached hydrogens (tertiary/aromatic N) is 1. The molecule has 0 heterocycles. The molecule has 0 spiro atoms. The van der Waals surface area contributed by atoms with E-state index in [9.17, 15) is 14.9 Å². The number of carbonyl (C=O) groups is 1. The van der Waals surface area contributed by atoms with Gasteiger partial charge in [-0.1, -0.05) is 6.07 Å². The van der Waals surface area contributed by atoms with Gasteiger partial charge in [0, 0.05) is 12.1 Å². The summed E-state index contributed by atoms with van der Waals surface area (Å²) >= 11 is 0. The van der Waals surface area contributed by atoms with Crippen molar-refractivity contribution in [3.63, 3.8) is 0 Å². The van der Waals surface area contributed by atoms with E-state index in [0.29, 0.717) is 22.6 Å². The average molecular weight is 329 g/mol. The summed E-state index contributed by atoms with van der Waals surface area (Å²) in [5, 5.41) is 10.8. The van der Waals surface area contributed by atoms with Gasteiger partial charge in [0.15, 0.2) is 0 Å². The van der Waals surface area contributed by atoms with Crippen molar-refractivity contribution in [3.8, 4) is 11.5 Å². The third-order valence-corrected chi connectivity index (χ3v) is 3.07. The van der Waals surface area contributed by atoms with Crippen molar-refractivity contribution in [2.24, 2.45) is 0 Å². The maximum atomic E-state index is 12.1. The van der Waals surface area contributed by atoms with Gasteiger partial charge in [0.1, 0.15) is 17.1 Å². The minimum Gasteiger partial charge on any atom is -0.457 e. The van der Waals surface area contributed by atoms with Crippen molar-refractivity contribution in [2.75, 3.05) is 0 Å². The fourth-order valence-electron chi connectivity index (χ4n) is 2.01. The van der Waals surface area contributed by atoms with Crippen LogP contribution < -0.4 is 4.74 Å². The molecule has 0 aliphatic rings. The van der Waals surface area contributed by atoms with E-state index >= 15 is 0 Å². The standard InChI is InChI=1S/C18H19NO5/c1-12-10-14(19(21)22)8-9-16(12)23-15-7-5-6-13(11-15)17(20)24-18(2,3)4/h5-11H,1-4H3. The number of rotatable bonds is 4. The highest BCUT2D eigenvalue weighted by Gasteiger charge is 2.18. The number of benzene rings is 2. The van der Waals surface area contributed by atoms with Crippen LogP contribution in [0.25, 0.3) is 0 Å². The van der Waals surface area contributed by atoms with Crippen molar-refractivity contribution in [1.82, 2.24) is 0 Å². The van der Waals surface area contributed by atoms with Crippen LogP contribution in [0.4, 0.5) is 5.69 Å². The molecule has 0 saturated carbocycles. The summed E-state index contributed by atoms with van der Waals surface area (Å²) in [4.78, 5) is 22.4. The SMILES string of the molecule is Cc1cc([N+](=O)[O-])ccc1Oc1cccc(C(=O)OC(C)(C)C)c1. The van der Waals surface area contributed by atoms with Crippen LogP contribution in [-0.4, -0.2) is 16.5 Å². The van der Waals surface area contributed by atoms with Gasteiger partial charge in [-0.05, 0) is 57.5 Å². The van der Waals surface area contributed by atoms with Crippen molar-refractivity contribution >= 4 is 11.7 Å². The van der Waals surface area contributed by atoms with E-state index in [0.717, 1.165) is 0 Å². The van der Waals surface area contributed by atoms with Crippen LogP contribution in [0.5, 0.6) is 11.5 Å². The Labute approximate surface area is 140 Å². The molecule has 6 heteroatoms. The number of nitro benzene ring substituents is 1. The quantitative estimate of drug-likeness (QED) is 0.463. The van der Waals surface area contributed by atoms with E-state index in [-0.39, 0.29) is 5.69 Å². The Bertz CT molecular complexity index is 777. The minimum atomic E-state index is -0.580. The Kier molecular flexibility index (Phi) is 4.87. The maximum Gasteiger partial charge on any atom is 0.338 e. The number of nitro groups is 1. The lowest BCUT2D eigenvalue weighted by atomic mass is 10.1. The lowest BCUT2D eigenvalue weighted by Crippen LogP contribution is -2.23. The highest BCUT2D eigenvalue weighted by atomic mass is 16.6. The maximum absolute atomic E-state index is 12.1. The molecule has 0 atom stereocenters. The molecule has 0 radical (unpaired) electrons. The molecule has 0 aromatic heterocycles. The summed E-state index contributed by atoms with van der Waals surface area (Å²) in [6.07, 6.45) is 0. The summed E-state index contributed by atoms with van der Waals surface area (Å²) in [5.74, 6) is 0.505. The summed E-state index contributed by atoms with van der Waals surface area (Å²) < 4.78 is 11.1. The molecule has 2 aromatic rings. The first-order valence-electron chi connectivity index (χ1n) is 7.42. The van der Waals surface area contributed by atoms with Gasteiger partial charge in [-0.2, -0.15) is 0 Å². The third-order valence-electron chi connectivity index (χ3n) is 3.07. The number of esters is 1. The Hall–Kier alpha value is -2.89. The van der Waals surface area contributed by atoms with Crippen molar-refractivity contribution in [1.29, 1.82) is 0 Å². The van der Waals surface area contributed by atoms with Crippen molar-refractivity contribution < 1.29 is 19.2 Å². The third kappa shape index (κ3) is 4.55. The molecule has 0 aliphatic heterocycles. The van der Waals surface area contributed by atoms with Crippen molar-refractivity contribution in [2.45, 2.75) is 33.3 Å². The number of carbonyl (C=O) groups excluding carboxylic acids is 1. The Morgan fingerprint density at radius 2 is 1.83 bits per heavy atom. The summed E-state index contributed by atoms with van der Waals surface area (Å²) in [6.45, 7) is 7.11. The predicted molar refractivity (Wildman–Crippen MR) is 89.5 cm³/mol. The normalized spacial score (nSPS) is 11.0. The lowest BCUT2D eigenvalue weighted by Gasteiger charge is -2.19. The van der Waals surface area contributed by atoms with Gasteiger partial charge in [0.25, 0.3) is 5.69 Å². The van der Waals surface area contributed by atoms with Gasteiger partial charge >= 0.3 is 5.97 Å². The van der Waals surface area contributed by atoms with Crippen LogP contribution in [0, 0.1) is 17.0 Å². The second kappa shape index (κ2) is 6.70. The first kappa shape index (κ1) is 17.5. The molecule has 126 valence electrons. The predicted octanol–water partition coefficient (Wildman–Crippen LogP) is 4.65. The first-order chi connectivity index (χ1) is 11.2. The molecule has 0 saturated heterocycles. The molecule has 6 nitrogen and oxygen atoms in total. The first-order valence-corrected chi connectivity index (χ1v) is 7.42. The van der Waals surface area contributed by atoms with E-state index in [4.69, 9.17) is 9.47 Å². The monoisotopic (exact) mass is 329 g/mol. The topological polar surface area (TPSA) is 78.7 Å². The smallest absolute Gasteiger partial charge is 0.338 e. The highest BCUT2D eigenvalue weighted by Crippen LogP contribution is 2.28. The van der Waals surface area contributed by atoms with Gasteiger partial charge < -0.3 is 9.47 Å². The van der Waals surface area contributed by atoms with Gasteiger partial charge in [-0.3, -0.25) is 10.1 Å². The van der Waals surface area contributed by atoms with Crippen LogP contribution in [0.1, 0.15) is 36.7 Å². The molecule has 2 aromatic carbocycles. The van der Waals surface area contributed by atoms with Gasteiger partial charge in [-0.25, -0.2) is 4.79 Å². The zero-order valence-corrected chi connectivity index (χ0v) is 14.0. The second-order valence-electron chi connectivity index (χ2n) is 6.34. The molecule has 2 rings (SSSR count). The number of non-ortho nitro benzene ring substituents is 1. The second-order valence-corrected chi connectivity index (χ2v) is 6.34. The van der Waals surface area contributed by atoms with Crippen LogP contribution in [0.3, 0.4) is 0 Å². The lowest BCUT2D eigenvalue weighted by molar-refractivity contribution is -0.384. The van der Waals surface area contributed by atoms with Crippen LogP contribution in [0.2, 0.25) is 0 Å². The fourth-order valence-corrected chi connectivity index (χ4v) is 2.01. The number of ether oxygens (including phenoxy) is 2. The zero-order valence-electron chi connectivity index (χ0n) is 14.0. The molecular formula is C18H19NO5.